The summed E-state index contributed by atoms with van der Waals surface area (Å²) in [7, 11) is 2.10. The highest BCUT2D eigenvalue weighted by atomic mass is 15.1. The van der Waals surface area contributed by atoms with Gasteiger partial charge in [0.1, 0.15) is 0 Å². The summed E-state index contributed by atoms with van der Waals surface area (Å²) in [5.41, 5.74) is 4.49. The maximum absolute atomic E-state index is 4.64. The van der Waals surface area contributed by atoms with Gasteiger partial charge in [0.15, 0.2) is 0 Å². The lowest BCUT2D eigenvalue weighted by Gasteiger charge is -2.10. The Hall–Kier alpha value is -1.84. The van der Waals surface area contributed by atoms with E-state index < -0.39 is 0 Å². The molecule has 76 valence electrons. The molecule has 0 spiro atoms. The zero-order chi connectivity index (χ0) is 10.3. The third kappa shape index (κ3) is 1.29. The first-order valence-corrected chi connectivity index (χ1v) is 5.05. The first-order chi connectivity index (χ1) is 7.34. The predicted octanol–water partition coefficient (Wildman–Crippen LogP) is 1.46. The van der Waals surface area contributed by atoms with Crippen LogP contribution in [0.15, 0.2) is 24.5 Å². The van der Waals surface area contributed by atoms with Gasteiger partial charge in [0.05, 0.1) is 23.3 Å². The van der Waals surface area contributed by atoms with Crippen molar-refractivity contribution in [2.45, 2.75) is 6.42 Å². The maximum atomic E-state index is 4.64. The van der Waals surface area contributed by atoms with Crippen molar-refractivity contribution in [1.29, 1.82) is 0 Å². The van der Waals surface area contributed by atoms with Gasteiger partial charge in [-0.05, 0) is 12.1 Å². The van der Waals surface area contributed by atoms with Gasteiger partial charge in [0.25, 0.3) is 0 Å². The minimum atomic E-state index is 0.998. The van der Waals surface area contributed by atoms with Gasteiger partial charge in [-0.15, -0.1) is 0 Å². The largest absolute Gasteiger partial charge is 0.373 e. The van der Waals surface area contributed by atoms with E-state index in [4.69, 9.17) is 0 Å². The molecule has 0 saturated carbocycles. The molecule has 1 N–H and O–H groups in total. The number of pyridine rings is 1. The summed E-state index contributed by atoms with van der Waals surface area (Å²) in [4.78, 5) is 6.88. The smallest absolute Gasteiger partial charge is 0.0738 e. The molecule has 0 radical (unpaired) electrons. The molecule has 1 aliphatic rings. The number of hydrogen-bond acceptors (Lipinski definition) is 3. The van der Waals surface area contributed by atoms with E-state index in [1.54, 1.807) is 6.20 Å². The first kappa shape index (κ1) is 8.47. The van der Waals surface area contributed by atoms with Crippen LogP contribution < -0.4 is 4.90 Å². The Balaban J connectivity index is 2.07. The second-order valence-electron chi connectivity index (χ2n) is 3.82. The lowest BCUT2D eigenvalue weighted by molar-refractivity contribution is 0.944. The minimum Gasteiger partial charge on any atom is -0.373 e. The number of hydrogen-bond donors (Lipinski definition) is 1. The van der Waals surface area contributed by atoms with Crippen LogP contribution in [0, 0.1) is 0 Å². The SMILES string of the molecule is CN1CCc2nc(-c3cn[nH]c3)ccc21. The lowest BCUT2D eigenvalue weighted by Crippen LogP contribution is -2.12. The van der Waals surface area contributed by atoms with E-state index in [-0.39, 0.29) is 0 Å². The lowest BCUT2D eigenvalue weighted by atomic mass is 10.2. The Morgan fingerprint density at radius 3 is 3.13 bits per heavy atom. The Morgan fingerprint density at radius 2 is 2.33 bits per heavy atom. The predicted molar refractivity (Wildman–Crippen MR) is 58.8 cm³/mol. The summed E-state index contributed by atoms with van der Waals surface area (Å²) >= 11 is 0. The second kappa shape index (κ2) is 3.08. The summed E-state index contributed by atoms with van der Waals surface area (Å²) in [5, 5.41) is 6.74. The highest BCUT2D eigenvalue weighted by molar-refractivity contribution is 5.63. The molecule has 1 aliphatic heterocycles. The molecule has 4 heteroatoms. The summed E-state index contributed by atoms with van der Waals surface area (Å²) < 4.78 is 0. The second-order valence-corrected chi connectivity index (χ2v) is 3.82. The fourth-order valence-corrected chi connectivity index (χ4v) is 1.97. The number of likely N-dealkylation sites (N-methyl/N-ethyl adjacent to an activating group) is 1. The minimum absolute atomic E-state index is 0.998. The van der Waals surface area contributed by atoms with Gasteiger partial charge in [-0.2, -0.15) is 5.10 Å². The van der Waals surface area contributed by atoms with E-state index in [0.717, 1.165) is 24.2 Å². The molecule has 0 aliphatic carbocycles. The molecule has 0 saturated heterocycles. The molecule has 3 heterocycles. The average Bonchev–Trinajstić information content (AvgIpc) is 2.88. The maximum Gasteiger partial charge on any atom is 0.0738 e. The van der Waals surface area contributed by atoms with Gasteiger partial charge in [-0.25, -0.2) is 0 Å². The zero-order valence-electron chi connectivity index (χ0n) is 8.57. The van der Waals surface area contributed by atoms with Crippen molar-refractivity contribution >= 4 is 5.69 Å². The van der Waals surface area contributed by atoms with E-state index in [1.165, 1.54) is 11.4 Å². The van der Waals surface area contributed by atoms with Crippen LogP contribution in [0.1, 0.15) is 5.69 Å². The number of aromatic amines is 1. The summed E-state index contributed by atoms with van der Waals surface area (Å²) in [5.74, 6) is 0. The van der Waals surface area contributed by atoms with Gasteiger partial charge in [-0.1, -0.05) is 0 Å². The van der Waals surface area contributed by atoms with Gasteiger partial charge in [0, 0.05) is 31.8 Å². The summed E-state index contributed by atoms with van der Waals surface area (Å²) in [6, 6.07) is 4.18. The van der Waals surface area contributed by atoms with Crippen LogP contribution in [-0.4, -0.2) is 28.8 Å². The zero-order valence-corrected chi connectivity index (χ0v) is 8.57. The van der Waals surface area contributed by atoms with E-state index in [2.05, 4.69) is 33.2 Å². The molecule has 0 amide bonds. The highest BCUT2D eigenvalue weighted by Gasteiger charge is 2.17. The Kier molecular flexibility index (Phi) is 1.74. The average molecular weight is 200 g/mol. The van der Waals surface area contributed by atoms with Gasteiger partial charge in [0.2, 0.25) is 0 Å². The van der Waals surface area contributed by atoms with E-state index >= 15 is 0 Å². The molecule has 3 rings (SSSR count). The van der Waals surface area contributed by atoms with Crippen molar-refractivity contribution in [2.24, 2.45) is 0 Å². The Labute approximate surface area is 88.0 Å². The number of H-pyrrole nitrogens is 1. The molecule has 2 aromatic rings. The van der Waals surface area contributed by atoms with Crippen LogP contribution in [-0.2, 0) is 6.42 Å². The van der Waals surface area contributed by atoms with Crippen molar-refractivity contribution in [2.75, 3.05) is 18.5 Å². The number of anilines is 1. The molecular formula is C11H12N4. The quantitative estimate of drug-likeness (QED) is 0.758. The molecule has 0 fully saturated rings. The normalized spacial score (nSPS) is 14.3. The number of nitrogens with one attached hydrogen (secondary N) is 1. The topological polar surface area (TPSA) is 44.8 Å². The fraction of sp³-hybridized carbons (Fsp3) is 0.273. The van der Waals surface area contributed by atoms with Crippen molar-refractivity contribution in [1.82, 2.24) is 15.2 Å². The number of fused-ring (bicyclic) bond motifs is 1. The van der Waals surface area contributed by atoms with Gasteiger partial charge in [-0.3, -0.25) is 10.1 Å². The molecule has 2 aromatic heterocycles. The van der Waals surface area contributed by atoms with Gasteiger partial charge < -0.3 is 4.90 Å². The van der Waals surface area contributed by atoms with Crippen LogP contribution in [0.3, 0.4) is 0 Å². The van der Waals surface area contributed by atoms with E-state index in [1.807, 2.05) is 12.3 Å². The van der Waals surface area contributed by atoms with Crippen LogP contribution >= 0.6 is 0 Å². The summed E-state index contributed by atoms with van der Waals surface area (Å²) in [6.45, 7) is 1.07. The van der Waals surface area contributed by atoms with Crippen LogP contribution in [0.2, 0.25) is 0 Å². The monoisotopic (exact) mass is 200 g/mol. The van der Waals surface area contributed by atoms with Crippen LogP contribution in [0.5, 0.6) is 0 Å². The first-order valence-electron chi connectivity index (χ1n) is 5.05. The van der Waals surface area contributed by atoms with E-state index in [0.29, 0.717) is 0 Å². The Bertz CT molecular complexity index is 475. The molecule has 0 bridgehead atoms. The molecule has 4 nitrogen and oxygen atoms in total. The standard InChI is InChI=1S/C11H12N4/c1-15-5-4-10-11(15)3-2-9(14-10)8-6-12-13-7-8/h2-3,6-7H,4-5H2,1H3,(H,12,13). The molecule has 0 aromatic carbocycles. The fourth-order valence-electron chi connectivity index (χ4n) is 1.97. The Morgan fingerprint density at radius 1 is 1.40 bits per heavy atom. The number of aromatic nitrogens is 3. The molecule has 0 unspecified atom stereocenters. The highest BCUT2D eigenvalue weighted by Crippen LogP contribution is 2.27. The molecular weight excluding hydrogens is 188 g/mol. The van der Waals surface area contributed by atoms with Gasteiger partial charge >= 0.3 is 0 Å². The van der Waals surface area contributed by atoms with Crippen LogP contribution in [0.4, 0.5) is 5.69 Å². The molecule has 0 atom stereocenters. The number of nitrogens with zero attached hydrogens (tertiary/aromatic N) is 3. The van der Waals surface area contributed by atoms with Crippen LogP contribution in [0.25, 0.3) is 11.3 Å². The molecule has 15 heavy (non-hydrogen) atoms. The third-order valence-corrected chi connectivity index (χ3v) is 2.84. The van der Waals surface area contributed by atoms with Crippen molar-refractivity contribution < 1.29 is 0 Å². The van der Waals surface area contributed by atoms with E-state index in [9.17, 15) is 0 Å². The van der Waals surface area contributed by atoms with Crippen molar-refractivity contribution in [3.63, 3.8) is 0 Å². The van der Waals surface area contributed by atoms with Crippen molar-refractivity contribution in [3.05, 3.63) is 30.2 Å². The third-order valence-electron chi connectivity index (χ3n) is 2.84. The summed E-state index contributed by atoms with van der Waals surface area (Å²) in [6.07, 6.45) is 4.71. The van der Waals surface area contributed by atoms with Crippen molar-refractivity contribution in [3.8, 4) is 11.3 Å². The number of rotatable bonds is 1.